The van der Waals surface area contributed by atoms with Crippen LogP contribution in [0.25, 0.3) is 0 Å². The molecule has 2 atom stereocenters. The van der Waals surface area contributed by atoms with Gasteiger partial charge in [-0.3, -0.25) is 4.79 Å². The van der Waals surface area contributed by atoms with E-state index in [-0.39, 0.29) is 6.42 Å². The molecule has 1 heterocycles. The van der Waals surface area contributed by atoms with E-state index in [4.69, 9.17) is 20.1 Å². The second-order valence-corrected chi connectivity index (χ2v) is 5.12. The largest absolute Gasteiger partial charge is 0.481 e. The van der Waals surface area contributed by atoms with Crippen molar-refractivity contribution < 1.29 is 23.4 Å². The number of carboxylic acids is 1. The molecule has 0 aromatic rings. The number of hydrogen-bond acceptors (Lipinski definition) is 5. The zero-order valence-electron chi connectivity index (χ0n) is 8.38. The summed E-state index contributed by atoms with van der Waals surface area (Å²) in [6.07, 6.45) is -0.349. The molecule has 0 bridgehead atoms. The van der Waals surface area contributed by atoms with E-state index in [1.54, 1.807) is 0 Å². The number of primary sulfonamides is 1. The molecule has 0 aliphatic carbocycles. The number of piperidine rings is 1. The molecular formula is C7H16N2O5S. The molecule has 0 radical (unpaired) electrons. The van der Waals surface area contributed by atoms with Crippen molar-refractivity contribution >= 4 is 16.0 Å². The van der Waals surface area contributed by atoms with Crippen molar-refractivity contribution in [3.05, 3.63) is 0 Å². The Morgan fingerprint density at radius 2 is 1.93 bits per heavy atom. The molecule has 0 amide bonds. The molecule has 7 nitrogen and oxygen atoms in total. The summed E-state index contributed by atoms with van der Waals surface area (Å²) >= 11 is 0. The number of rotatable bonds is 1. The van der Waals surface area contributed by atoms with Crippen LogP contribution < -0.4 is 10.5 Å². The van der Waals surface area contributed by atoms with Crippen LogP contribution in [0.1, 0.15) is 13.3 Å². The molecule has 5 N–H and O–H groups in total. The van der Waals surface area contributed by atoms with Gasteiger partial charge in [0.2, 0.25) is 10.0 Å². The van der Waals surface area contributed by atoms with Gasteiger partial charge in [-0.05, 0) is 6.42 Å². The minimum Gasteiger partial charge on any atom is -0.481 e. The highest BCUT2D eigenvalue weighted by atomic mass is 32.2. The highest BCUT2D eigenvalue weighted by Gasteiger charge is 2.27. The molecule has 0 aromatic heterocycles. The lowest BCUT2D eigenvalue weighted by atomic mass is 10.1. The lowest BCUT2D eigenvalue weighted by molar-refractivity contribution is -0.134. The van der Waals surface area contributed by atoms with Crippen LogP contribution in [-0.4, -0.2) is 49.0 Å². The van der Waals surface area contributed by atoms with Crippen LogP contribution in [0, 0.1) is 0 Å². The molecule has 0 spiro atoms. The van der Waals surface area contributed by atoms with Gasteiger partial charge in [0.1, 0.15) is 0 Å². The molecule has 8 heteroatoms. The first-order chi connectivity index (χ1) is 6.73. The number of aliphatic hydroxyl groups excluding tert-OH is 1. The minimum absolute atomic E-state index is 0.242. The first-order valence-electron chi connectivity index (χ1n) is 4.33. The summed E-state index contributed by atoms with van der Waals surface area (Å²) in [6.45, 7) is 1.88. The van der Waals surface area contributed by atoms with Crippen LogP contribution in [0.3, 0.4) is 0 Å². The van der Waals surface area contributed by atoms with Crippen LogP contribution in [0.2, 0.25) is 0 Å². The quantitative estimate of drug-likeness (QED) is 0.423. The van der Waals surface area contributed by atoms with Crippen molar-refractivity contribution in [1.29, 1.82) is 0 Å². The first-order valence-corrected chi connectivity index (χ1v) is 5.94. The monoisotopic (exact) mass is 240 g/mol. The van der Waals surface area contributed by atoms with Gasteiger partial charge in [-0.2, -0.15) is 0 Å². The third kappa shape index (κ3) is 7.25. The van der Waals surface area contributed by atoms with Crippen LogP contribution in [0.4, 0.5) is 0 Å². The zero-order valence-corrected chi connectivity index (χ0v) is 9.20. The number of sulfonamides is 1. The number of nitrogens with one attached hydrogen (secondary N) is 1. The summed E-state index contributed by atoms with van der Waals surface area (Å²) in [6, 6.07) is 0. The van der Waals surface area contributed by atoms with Gasteiger partial charge in [0.05, 0.1) is 11.4 Å². The van der Waals surface area contributed by atoms with Gasteiger partial charge < -0.3 is 15.5 Å². The molecule has 1 aliphatic heterocycles. The van der Waals surface area contributed by atoms with Gasteiger partial charge in [-0.1, -0.05) is 0 Å². The average Bonchev–Trinajstić information content (AvgIpc) is 2.01. The van der Waals surface area contributed by atoms with Crippen molar-refractivity contribution in [3.63, 3.8) is 0 Å². The highest BCUT2D eigenvalue weighted by molar-refractivity contribution is 7.89. The maximum Gasteiger partial charge on any atom is 0.300 e. The molecule has 90 valence electrons. The Bertz CT molecular complexity index is 299. The van der Waals surface area contributed by atoms with Gasteiger partial charge in [0.25, 0.3) is 5.97 Å². The van der Waals surface area contributed by atoms with E-state index in [0.29, 0.717) is 13.1 Å². The predicted octanol–water partition coefficient (Wildman–Crippen LogP) is -1.91. The second-order valence-electron chi connectivity index (χ2n) is 3.28. The normalized spacial score (nSPS) is 26.3. The van der Waals surface area contributed by atoms with Gasteiger partial charge in [-0.15, -0.1) is 0 Å². The zero-order chi connectivity index (χ0) is 12.1. The summed E-state index contributed by atoms with van der Waals surface area (Å²) in [7, 11) is -3.48. The molecule has 1 saturated heterocycles. The van der Waals surface area contributed by atoms with Gasteiger partial charge in [0, 0.05) is 20.0 Å². The predicted molar refractivity (Wildman–Crippen MR) is 53.7 cm³/mol. The van der Waals surface area contributed by atoms with Gasteiger partial charge in [-0.25, -0.2) is 13.6 Å². The van der Waals surface area contributed by atoms with Crippen molar-refractivity contribution in [1.82, 2.24) is 5.32 Å². The third-order valence-corrected chi connectivity index (χ3v) is 3.04. The maximum absolute atomic E-state index is 10.8. The Morgan fingerprint density at radius 3 is 2.20 bits per heavy atom. The van der Waals surface area contributed by atoms with Crippen molar-refractivity contribution in [2.45, 2.75) is 24.7 Å². The van der Waals surface area contributed by atoms with E-state index >= 15 is 0 Å². The molecule has 1 aliphatic rings. The SMILES string of the molecule is CC(=O)O.NS(=O)(=O)[C@H]1CNC[C@H](O)C1. The number of β-amino-alcohol motifs (C(OH)–C–C–N with tert-alkyl or cyclic N) is 1. The van der Waals surface area contributed by atoms with Crippen molar-refractivity contribution in [3.8, 4) is 0 Å². The number of nitrogens with two attached hydrogens (primary N) is 1. The van der Waals surface area contributed by atoms with E-state index in [9.17, 15) is 8.42 Å². The standard InChI is InChI=1S/C5H12N2O3S.C2H4O2/c6-11(9,10)5-1-4(8)2-7-3-5;1-2(3)4/h4-5,7-8H,1-3H2,(H2,6,9,10);1H3,(H,3,4)/t4-,5-;/m1./s1. The molecule has 1 rings (SSSR count). The summed E-state index contributed by atoms with van der Waals surface area (Å²) in [5, 5.41) is 23.5. The van der Waals surface area contributed by atoms with E-state index in [1.807, 2.05) is 0 Å². The van der Waals surface area contributed by atoms with Gasteiger partial charge >= 0.3 is 0 Å². The lowest BCUT2D eigenvalue weighted by Gasteiger charge is -2.24. The number of carboxylic acid groups (broad SMARTS) is 1. The Balaban J connectivity index is 0.000000423. The van der Waals surface area contributed by atoms with Crippen LogP contribution in [0.15, 0.2) is 0 Å². The summed E-state index contributed by atoms with van der Waals surface area (Å²) in [5.74, 6) is -0.833. The number of aliphatic carboxylic acids is 1. The number of aliphatic hydroxyl groups is 1. The molecular weight excluding hydrogens is 224 g/mol. The topological polar surface area (TPSA) is 130 Å². The van der Waals surface area contributed by atoms with E-state index in [2.05, 4.69) is 5.32 Å². The Hall–Kier alpha value is -0.700. The molecule has 0 aromatic carbocycles. The van der Waals surface area contributed by atoms with E-state index in [0.717, 1.165) is 6.92 Å². The summed E-state index contributed by atoms with van der Waals surface area (Å²) < 4.78 is 21.5. The molecule has 15 heavy (non-hydrogen) atoms. The Kier molecular flexibility index (Phi) is 5.73. The van der Waals surface area contributed by atoms with E-state index in [1.165, 1.54) is 0 Å². The Morgan fingerprint density at radius 1 is 1.47 bits per heavy atom. The van der Waals surface area contributed by atoms with E-state index < -0.39 is 27.3 Å². The first kappa shape index (κ1) is 14.3. The summed E-state index contributed by atoms with van der Waals surface area (Å²) in [5.41, 5.74) is 0. The fourth-order valence-electron chi connectivity index (χ4n) is 1.13. The second kappa shape index (κ2) is 6.01. The molecule has 1 fully saturated rings. The number of carbonyl (C=O) groups is 1. The summed E-state index contributed by atoms with van der Waals surface area (Å²) in [4.78, 5) is 9.00. The fraction of sp³-hybridized carbons (Fsp3) is 0.857. The number of hydrogen-bond donors (Lipinski definition) is 4. The van der Waals surface area contributed by atoms with Crippen molar-refractivity contribution in [2.75, 3.05) is 13.1 Å². The lowest BCUT2D eigenvalue weighted by Crippen LogP contribution is -2.47. The highest BCUT2D eigenvalue weighted by Crippen LogP contribution is 2.08. The maximum atomic E-state index is 10.8. The van der Waals surface area contributed by atoms with Crippen LogP contribution >= 0.6 is 0 Å². The Labute approximate surface area is 88.3 Å². The average molecular weight is 240 g/mol. The fourth-order valence-corrected chi connectivity index (χ4v) is 1.97. The minimum atomic E-state index is -3.48. The third-order valence-electron chi connectivity index (χ3n) is 1.75. The van der Waals surface area contributed by atoms with Crippen LogP contribution in [0.5, 0.6) is 0 Å². The van der Waals surface area contributed by atoms with Crippen molar-refractivity contribution in [2.24, 2.45) is 5.14 Å². The smallest absolute Gasteiger partial charge is 0.300 e. The molecule has 0 saturated carbocycles. The van der Waals surface area contributed by atoms with Crippen LogP contribution in [-0.2, 0) is 14.8 Å². The molecule has 0 unspecified atom stereocenters. The van der Waals surface area contributed by atoms with Gasteiger partial charge in [0.15, 0.2) is 0 Å².